The molecule has 2 aromatic carbocycles. The Hall–Kier alpha value is -2.95. The number of ether oxygens (including phenoxy) is 1. The lowest BCUT2D eigenvalue weighted by molar-refractivity contribution is 0.0963. The van der Waals surface area contributed by atoms with Crippen LogP contribution < -0.4 is 4.74 Å². The Morgan fingerprint density at radius 3 is 2.48 bits per heavy atom. The molecule has 4 nitrogen and oxygen atoms in total. The summed E-state index contributed by atoms with van der Waals surface area (Å²) in [5.41, 5.74) is 3.43. The van der Waals surface area contributed by atoms with Crippen molar-refractivity contribution in [2.45, 2.75) is 18.8 Å². The highest BCUT2D eigenvalue weighted by Gasteiger charge is 2.30. The van der Waals surface area contributed by atoms with E-state index >= 15 is 0 Å². The molecule has 126 valence electrons. The lowest BCUT2D eigenvalue weighted by atomic mass is 9.82. The quantitative estimate of drug-likeness (QED) is 0.728. The van der Waals surface area contributed by atoms with Gasteiger partial charge in [-0.25, -0.2) is 9.07 Å². The Kier molecular flexibility index (Phi) is 3.84. The second kappa shape index (κ2) is 6.16. The maximum Gasteiger partial charge on any atom is 0.166 e. The second-order valence-corrected chi connectivity index (χ2v) is 6.19. The van der Waals surface area contributed by atoms with Crippen molar-refractivity contribution in [3.05, 3.63) is 77.4 Å². The summed E-state index contributed by atoms with van der Waals surface area (Å²) in [6.07, 6.45) is 2.76. The van der Waals surface area contributed by atoms with E-state index in [-0.39, 0.29) is 17.5 Å². The lowest BCUT2D eigenvalue weighted by Crippen LogP contribution is -2.20. The number of hydrogen-bond donors (Lipinski definition) is 0. The molecule has 0 N–H and O–H groups in total. The van der Waals surface area contributed by atoms with E-state index < -0.39 is 0 Å². The fourth-order valence-corrected chi connectivity index (χ4v) is 3.36. The van der Waals surface area contributed by atoms with Gasteiger partial charge >= 0.3 is 0 Å². The molecule has 0 fully saturated rings. The van der Waals surface area contributed by atoms with Crippen LogP contribution in [0.15, 0.2) is 54.7 Å². The van der Waals surface area contributed by atoms with Crippen molar-refractivity contribution in [1.82, 2.24) is 9.78 Å². The first-order valence-corrected chi connectivity index (χ1v) is 8.15. The molecule has 25 heavy (non-hydrogen) atoms. The largest absolute Gasteiger partial charge is 0.497 e. The minimum Gasteiger partial charge on any atom is -0.497 e. The molecule has 4 rings (SSSR count). The van der Waals surface area contributed by atoms with Gasteiger partial charge in [0.05, 0.1) is 30.3 Å². The number of methoxy groups -OCH3 is 1. The third-order valence-electron chi connectivity index (χ3n) is 4.70. The van der Waals surface area contributed by atoms with Crippen LogP contribution in [0.2, 0.25) is 0 Å². The number of halogens is 1. The maximum absolute atomic E-state index is 13.2. The molecule has 1 aliphatic carbocycles. The van der Waals surface area contributed by atoms with Crippen molar-refractivity contribution in [1.29, 1.82) is 0 Å². The SMILES string of the molecule is COc1ccc(-n2ncc3c2CC(c2ccc(F)cc2)CC3=O)cc1. The van der Waals surface area contributed by atoms with E-state index in [1.165, 1.54) is 12.1 Å². The number of Topliss-reactive ketones (excluding diaryl/α,β-unsaturated/α-hetero) is 1. The summed E-state index contributed by atoms with van der Waals surface area (Å²) in [6.45, 7) is 0. The first-order valence-electron chi connectivity index (χ1n) is 8.15. The molecular weight excluding hydrogens is 319 g/mol. The highest BCUT2D eigenvalue weighted by Crippen LogP contribution is 2.34. The van der Waals surface area contributed by atoms with Gasteiger partial charge in [0.1, 0.15) is 11.6 Å². The second-order valence-electron chi connectivity index (χ2n) is 6.19. The van der Waals surface area contributed by atoms with E-state index in [9.17, 15) is 9.18 Å². The van der Waals surface area contributed by atoms with Gasteiger partial charge in [-0.3, -0.25) is 4.79 Å². The van der Waals surface area contributed by atoms with Crippen molar-refractivity contribution in [3.63, 3.8) is 0 Å². The van der Waals surface area contributed by atoms with Crippen LogP contribution in [0.1, 0.15) is 34.0 Å². The molecule has 0 radical (unpaired) electrons. The van der Waals surface area contributed by atoms with Gasteiger partial charge in [-0.1, -0.05) is 12.1 Å². The number of rotatable bonds is 3. The monoisotopic (exact) mass is 336 g/mol. The number of ketones is 1. The number of carbonyl (C=O) groups is 1. The third kappa shape index (κ3) is 2.82. The van der Waals surface area contributed by atoms with Gasteiger partial charge in [0, 0.05) is 6.42 Å². The van der Waals surface area contributed by atoms with E-state index in [1.807, 2.05) is 28.9 Å². The number of fused-ring (bicyclic) bond motifs is 1. The Morgan fingerprint density at radius 1 is 1.08 bits per heavy atom. The molecule has 5 heteroatoms. The Morgan fingerprint density at radius 2 is 1.80 bits per heavy atom. The van der Waals surface area contributed by atoms with Gasteiger partial charge in [-0.05, 0) is 54.3 Å². The summed E-state index contributed by atoms with van der Waals surface area (Å²) in [6, 6.07) is 14.0. The smallest absolute Gasteiger partial charge is 0.166 e. The van der Waals surface area contributed by atoms with E-state index in [4.69, 9.17) is 4.74 Å². The summed E-state index contributed by atoms with van der Waals surface area (Å²) >= 11 is 0. The van der Waals surface area contributed by atoms with Crippen LogP contribution in [0.5, 0.6) is 5.75 Å². The number of nitrogens with zero attached hydrogens (tertiary/aromatic N) is 2. The zero-order valence-electron chi connectivity index (χ0n) is 13.8. The normalized spacial score (nSPS) is 16.6. The van der Waals surface area contributed by atoms with Crippen molar-refractivity contribution in [3.8, 4) is 11.4 Å². The van der Waals surface area contributed by atoms with Crippen molar-refractivity contribution >= 4 is 5.78 Å². The Balaban J connectivity index is 1.70. The molecule has 1 unspecified atom stereocenters. The maximum atomic E-state index is 13.2. The summed E-state index contributed by atoms with van der Waals surface area (Å²) in [5.74, 6) is 0.615. The number of hydrogen-bond acceptors (Lipinski definition) is 3. The first-order chi connectivity index (χ1) is 12.2. The van der Waals surface area contributed by atoms with Gasteiger partial charge < -0.3 is 4.74 Å². The van der Waals surface area contributed by atoms with Crippen LogP contribution in [0, 0.1) is 5.82 Å². The summed E-state index contributed by atoms with van der Waals surface area (Å²) in [4.78, 5) is 12.5. The average Bonchev–Trinajstić information content (AvgIpc) is 3.07. The van der Waals surface area contributed by atoms with Crippen molar-refractivity contribution < 1.29 is 13.9 Å². The molecule has 0 spiro atoms. The zero-order chi connectivity index (χ0) is 17.4. The molecule has 1 heterocycles. The van der Waals surface area contributed by atoms with E-state index in [0.29, 0.717) is 18.4 Å². The summed E-state index contributed by atoms with van der Waals surface area (Å²) < 4.78 is 20.2. The van der Waals surface area contributed by atoms with E-state index in [2.05, 4.69) is 5.10 Å². The fraction of sp³-hybridized carbons (Fsp3) is 0.200. The molecule has 0 saturated heterocycles. The topological polar surface area (TPSA) is 44.1 Å². The molecule has 0 amide bonds. The van der Waals surface area contributed by atoms with Gasteiger partial charge in [0.2, 0.25) is 0 Å². The fourth-order valence-electron chi connectivity index (χ4n) is 3.36. The van der Waals surface area contributed by atoms with Crippen LogP contribution in [0.3, 0.4) is 0 Å². The third-order valence-corrected chi connectivity index (χ3v) is 4.70. The van der Waals surface area contributed by atoms with Crippen LogP contribution in [-0.2, 0) is 6.42 Å². The molecule has 3 aromatic rings. The standard InChI is InChI=1S/C20H17FN2O2/c1-25-17-8-6-16(7-9-17)23-19-10-14(11-20(24)18(19)12-22-23)13-2-4-15(21)5-3-13/h2-9,12,14H,10-11H2,1H3. The first kappa shape index (κ1) is 15.6. The van der Waals surface area contributed by atoms with Crippen LogP contribution in [0.25, 0.3) is 5.69 Å². The van der Waals surface area contributed by atoms with E-state index in [0.717, 1.165) is 22.7 Å². The average molecular weight is 336 g/mol. The Labute approximate surface area is 144 Å². The molecule has 1 atom stereocenters. The molecule has 1 aromatic heterocycles. The van der Waals surface area contributed by atoms with Crippen molar-refractivity contribution in [2.75, 3.05) is 7.11 Å². The zero-order valence-corrected chi connectivity index (χ0v) is 13.8. The lowest BCUT2D eigenvalue weighted by Gasteiger charge is -2.23. The van der Waals surface area contributed by atoms with Crippen LogP contribution in [-0.4, -0.2) is 22.7 Å². The van der Waals surface area contributed by atoms with Gasteiger partial charge in [-0.2, -0.15) is 5.10 Å². The molecule has 0 aliphatic heterocycles. The minimum absolute atomic E-state index is 0.0364. The van der Waals surface area contributed by atoms with Crippen LogP contribution in [0.4, 0.5) is 4.39 Å². The predicted octanol–water partition coefficient (Wildman–Crippen LogP) is 3.93. The Bertz CT molecular complexity index is 914. The minimum atomic E-state index is -0.269. The summed E-state index contributed by atoms with van der Waals surface area (Å²) in [7, 11) is 1.62. The van der Waals surface area contributed by atoms with Gasteiger partial charge in [0.15, 0.2) is 5.78 Å². The molecule has 0 bridgehead atoms. The predicted molar refractivity (Wildman–Crippen MR) is 91.9 cm³/mol. The van der Waals surface area contributed by atoms with Gasteiger partial charge in [0.25, 0.3) is 0 Å². The molecule has 1 aliphatic rings. The number of benzene rings is 2. The van der Waals surface area contributed by atoms with E-state index in [1.54, 1.807) is 25.4 Å². The number of carbonyl (C=O) groups excluding carboxylic acids is 1. The molecule has 0 saturated carbocycles. The van der Waals surface area contributed by atoms with Crippen LogP contribution >= 0.6 is 0 Å². The number of aromatic nitrogens is 2. The summed E-state index contributed by atoms with van der Waals surface area (Å²) in [5, 5.41) is 4.41. The molecular formula is C20H17FN2O2. The van der Waals surface area contributed by atoms with Gasteiger partial charge in [-0.15, -0.1) is 0 Å². The van der Waals surface area contributed by atoms with Crippen molar-refractivity contribution in [2.24, 2.45) is 0 Å². The highest BCUT2D eigenvalue weighted by molar-refractivity contribution is 5.98. The highest BCUT2D eigenvalue weighted by atomic mass is 19.1.